The van der Waals surface area contributed by atoms with Crippen molar-refractivity contribution >= 4 is 23.2 Å². The van der Waals surface area contributed by atoms with Gasteiger partial charge in [-0.3, -0.25) is 9.78 Å². The number of aromatic nitrogens is 1. The SMILES string of the molecule is Cc1cncc(NC[C@H]2CC[C@H](NC(=O)c3cc(C(F)(F)F)ccc3Cl)CC2)c1. The zero-order valence-corrected chi connectivity index (χ0v) is 16.8. The smallest absolute Gasteiger partial charge is 0.384 e. The molecule has 1 fully saturated rings. The third-order valence-corrected chi connectivity index (χ3v) is 5.52. The summed E-state index contributed by atoms with van der Waals surface area (Å²) >= 11 is 5.95. The van der Waals surface area contributed by atoms with E-state index in [1.165, 1.54) is 0 Å². The molecule has 156 valence electrons. The zero-order valence-electron chi connectivity index (χ0n) is 16.0. The molecule has 1 aliphatic rings. The second kappa shape index (κ2) is 9.03. The second-order valence-electron chi connectivity index (χ2n) is 7.52. The number of rotatable bonds is 5. The first-order valence-electron chi connectivity index (χ1n) is 9.55. The molecule has 0 saturated heterocycles. The quantitative estimate of drug-likeness (QED) is 0.668. The van der Waals surface area contributed by atoms with Crippen LogP contribution in [0.25, 0.3) is 0 Å². The maximum atomic E-state index is 12.9. The Morgan fingerprint density at radius 3 is 2.55 bits per heavy atom. The molecule has 8 heteroatoms. The van der Waals surface area contributed by atoms with E-state index >= 15 is 0 Å². The summed E-state index contributed by atoms with van der Waals surface area (Å²) < 4.78 is 38.7. The van der Waals surface area contributed by atoms with Gasteiger partial charge in [0, 0.05) is 25.0 Å². The molecule has 4 nitrogen and oxygen atoms in total. The number of carbonyl (C=O) groups excluding carboxylic acids is 1. The number of halogens is 4. The predicted octanol–water partition coefficient (Wildman–Crippen LogP) is 5.46. The topological polar surface area (TPSA) is 54.0 Å². The van der Waals surface area contributed by atoms with E-state index in [0.29, 0.717) is 5.92 Å². The molecule has 2 N–H and O–H groups in total. The second-order valence-corrected chi connectivity index (χ2v) is 7.92. The van der Waals surface area contributed by atoms with E-state index in [0.717, 1.165) is 61.7 Å². The normalized spacial score (nSPS) is 19.6. The molecule has 0 atom stereocenters. The Hall–Kier alpha value is -2.28. The van der Waals surface area contributed by atoms with E-state index in [-0.39, 0.29) is 16.6 Å². The van der Waals surface area contributed by atoms with Crippen molar-refractivity contribution in [3.63, 3.8) is 0 Å². The summed E-state index contributed by atoms with van der Waals surface area (Å²) in [4.78, 5) is 16.6. The molecule has 29 heavy (non-hydrogen) atoms. The van der Waals surface area contributed by atoms with E-state index in [1.54, 1.807) is 12.4 Å². The summed E-state index contributed by atoms with van der Waals surface area (Å²) in [5.74, 6) is -0.0886. The zero-order chi connectivity index (χ0) is 21.0. The molecule has 0 spiro atoms. The molecular formula is C21H23ClF3N3O. The molecule has 1 saturated carbocycles. The fourth-order valence-electron chi connectivity index (χ4n) is 3.56. The molecule has 0 aliphatic heterocycles. The number of hydrogen-bond acceptors (Lipinski definition) is 3. The van der Waals surface area contributed by atoms with Crippen molar-refractivity contribution in [2.75, 3.05) is 11.9 Å². The van der Waals surface area contributed by atoms with Crippen LogP contribution in [0.3, 0.4) is 0 Å². The minimum Gasteiger partial charge on any atom is -0.384 e. The van der Waals surface area contributed by atoms with Crippen LogP contribution in [0.2, 0.25) is 5.02 Å². The average Bonchev–Trinajstić information content (AvgIpc) is 2.67. The first kappa shape index (κ1) is 21.4. The molecule has 0 bridgehead atoms. The summed E-state index contributed by atoms with van der Waals surface area (Å²) in [6.07, 6.45) is 2.48. The van der Waals surface area contributed by atoms with Gasteiger partial charge in [-0.1, -0.05) is 11.6 Å². The molecular weight excluding hydrogens is 403 g/mol. The number of alkyl halides is 3. The Bertz CT molecular complexity index is 864. The first-order chi connectivity index (χ1) is 13.7. The largest absolute Gasteiger partial charge is 0.416 e. The molecule has 3 rings (SSSR count). The lowest BCUT2D eigenvalue weighted by Gasteiger charge is -2.29. The Balaban J connectivity index is 1.51. The highest BCUT2D eigenvalue weighted by Gasteiger charge is 2.32. The molecule has 0 radical (unpaired) electrons. The third-order valence-electron chi connectivity index (χ3n) is 5.19. The van der Waals surface area contributed by atoms with E-state index in [9.17, 15) is 18.0 Å². The van der Waals surface area contributed by atoms with Crippen molar-refractivity contribution in [1.29, 1.82) is 0 Å². The monoisotopic (exact) mass is 425 g/mol. The van der Waals surface area contributed by atoms with Crippen LogP contribution in [-0.4, -0.2) is 23.5 Å². The van der Waals surface area contributed by atoms with Crippen molar-refractivity contribution in [3.05, 3.63) is 58.4 Å². The Morgan fingerprint density at radius 2 is 1.90 bits per heavy atom. The van der Waals surface area contributed by atoms with Crippen LogP contribution < -0.4 is 10.6 Å². The lowest BCUT2D eigenvalue weighted by molar-refractivity contribution is -0.137. The highest BCUT2D eigenvalue weighted by Crippen LogP contribution is 2.32. The number of hydrogen-bond donors (Lipinski definition) is 2. The van der Waals surface area contributed by atoms with Crippen LogP contribution in [0, 0.1) is 12.8 Å². The summed E-state index contributed by atoms with van der Waals surface area (Å²) in [6, 6.07) is 4.77. The van der Waals surface area contributed by atoms with Crippen LogP contribution in [0.1, 0.15) is 47.2 Å². The maximum Gasteiger partial charge on any atom is 0.416 e. The molecule has 1 heterocycles. The summed E-state index contributed by atoms with van der Waals surface area (Å²) in [5, 5.41) is 6.24. The fraction of sp³-hybridized carbons (Fsp3) is 0.429. The molecule has 1 aliphatic carbocycles. The number of amides is 1. The maximum absolute atomic E-state index is 12.9. The van der Waals surface area contributed by atoms with Gasteiger partial charge in [-0.15, -0.1) is 0 Å². The number of anilines is 1. The minimum atomic E-state index is -4.52. The lowest BCUT2D eigenvalue weighted by Crippen LogP contribution is -2.38. The number of pyridine rings is 1. The van der Waals surface area contributed by atoms with Gasteiger partial charge in [0.05, 0.1) is 21.8 Å². The molecule has 1 amide bonds. The van der Waals surface area contributed by atoms with Gasteiger partial charge in [-0.05, 0) is 68.4 Å². The van der Waals surface area contributed by atoms with Crippen LogP contribution >= 0.6 is 11.6 Å². The summed E-state index contributed by atoms with van der Waals surface area (Å²) in [5.41, 5.74) is 1.05. The van der Waals surface area contributed by atoms with Gasteiger partial charge < -0.3 is 10.6 Å². The van der Waals surface area contributed by atoms with Gasteiger partial charge in [0.15, 0.2) is 0 Å². The lowest BCUT2D eigenvalue weighted by atomic mass is 9.86. The van der Waals surface area contributed by atoms with E-state index in [2.05, 4.69) is 15.6 Å². The van der Waals surface area contributed by atoms with Crippen molar-refractivity contribution in [2.24, 2.45) is 5.92 Å². The summed E-state index contributed by atoms with van der Waals surface area (Å²) in [7, 11) is 0. The fourth-order valence-corrected chi connectivity index (χ4v) is 3.77. The van der Waals surface area contributed by atoms with E-state index in [1.807, 2.05) is 13.0 Å². The summed E-state index contributed by atoms with van der Waals surface area (Å²) in [6.45, 7) is 2.81. The van der Waals surface area contributed by atoms with Crippen molar-refractivity contribution < 1.29 is 18.0 Å². The van der Waals surface area contributed by atoms with Crippen LogP contribution in [0.15, 0.2) is 36.7 Å². The molecule has 2 aromatic rings. The molecule has 1 aromatic carbocycles. The number of aryl methyl sites for hydroxylation is 1. The minimum absolute atomic E-state index is 0.0140. The highest BCUT2D eigenvalue weighted by molar-refractivity contribution is 6.33. The van der Waals surface area contributed by atoms with E-state index < -0.39 is 17.6 Å². The van der Waals surface area contributed by atoms with Crippen molar-refractivity contribution in [1.82, 2.24) is 10.3 Å². The number of carbonyl (C=O) groups is 1. The van der Waals surface area contributed by atoms with Crippen LogP contribution in [-0.2, 0) is 6.18 Å². The Labute approximate surface area is 172 Å². The predicted molar refractivity (Wildman–Crippen MR) is 107 cm³/mol. The van der Waals surface area contributed by atoms with E-state index in [4.69, 9.17) is 11.6 Å². The Morgan fingerprint density at radius 1 is 1.17 bits per heavy atom. The average molecular weight is 426 g/mol. The molecule has 1 aromatic heterocycles. The third kappa shape index (κ3) is 5.85. The number of benzene rings is 1. The van der Waals surface area contributed by atoms with Crippen molar-refractivity contribution in [2.45, 2.75) is 44.8 Å². The van der Waals surface area contributed by atoms with Gasteiger partial charge in [-0.25, -0.2) is 0 Å². The van der Waals surface area contributed by atoms with Gasteiger partial charge in [0.25, 0.3) is 5.91 Å². The number of nitrogens with zero attached hydrogens (tertiary/aromatic N) is 1. The van der Waals surface area contributed by atoms with Crippen molar-refractivity contribution in [3.8, 4) is 0 Å². The van der Waals surface area contributed by atoms with Gasteiger partial charge >= 0.3 is 6.18 Å². The number of nitrogens with one attached hydrogen (secondary N) is 2. The standard InChI is InChI=1S/C21H23ClF3N3O/c1-13-8-17(12-26-10-13)27-11-14-2-5-16(6-3-14)28-20(29)18-9-15(21(23,24)25)4-7-19(18)22/h4,7-10,12,14,16,27H,2-3,5-6,11H2,1H3,(H,28,29)/t14-,16-. The van der Waals surface area contributed by atoms with Gasteiger partial charge in [0.2, 0.25) is 0 Å². The van der Waals surface area contributed by atoms with Gasteiger partial charge in [0.1, 0.15) is 0 Å². The Kier molecular flexibility index (Phi) is 6.67. The van der Waals surface area contributed by atoms with Crippen LogP contribution in [0.5, 0.6) is 0 Å². The highest BCUT2D eigenvalue weighted by atomic mass is 35.5. The van der Waals surface area contributed by atoms with Gasteiger partial charge in [-0.2, -0.15) is 13.2 Å². The first-order valence-corrected chi connectivity index (χ1v) is 9.93. The molecule has 0 unspecified atom stereocenters. The van der Waals surface area contributed by atoms with Crippen LogP contribution in [0.4, 0.5) is 18.9 Å².